The normalized spacial score (nSPS) is 11.4. The third-order valence-electron chi connectivity index (χ3n) is 3.59. The molecule has 2 heterocycles. The molecule has 0 saturated heterocycles. The first-order valence-electron chi connectivity index (χ1n) is 7.26. The van der Waals surface area contributed by atoms with Gasteiger partial charge < -0.3 is 5.32 Å². The maximum atomic E-state index is 4.54. The van der Waals surface area contributed by atoms with Crippen molar-refractivity contribution >= 4 is 11.0 Å². The van der Waals surface area contributed by atoms with Crippen molar-refractivity contribution in [3.8, 4) is 5.82 Å². The Morgan fingerprint density at radius 1 is 1.24 bits per heavy atom. The van der Waals surface area contributed by atoms with Crippen molar-refractivity contribution in [3.63, 3.8) is 0 Å². The molecule has 0 radical (unpaired) electrons. The fraction of sp³-hybridized carbons (Fsp3) is 0.400. The van der Waals surface area contributed by atoms with Crippen molar-refractivity contribution < 1.29 is 0 Å². The minimum atomic E-state index is 0.789. The Labute approximate surface area is 123 Å². The quantitative estimate of drug-likeness (QED) is 0.728. The van der Waals surface area contributed by atoms with Crippen LogP contribution in [0.25, 0.3) is 16.9 Å². The van der Waals surface area contributed by atoms with Crippen LogP contribution in [0.3, 0.4) is 0 Å². The van der Waals surface area contributed by atoms with Crippen LogP contribution in [-0.4, -0.2) is 31.3 Å². The summed E-state index contributed by atoms with van der Waals surface area (Å²) in [5, 5.41) is 16.5. The molecule has 0 atom stereocenters. The Hall–Kier alpha value is -2.21. The van der Waals surface area contributed by atoms with E-state index in [9.17, 15) is 0 Å². The van der Waals surface area contributed by atoms with Crippen LogP contribution in [0.5, 0.6) is 0 Å². The van der Waals surface area contributed by atoms with Gasteiger partial charge in [0.05, 0.1) is 11.2 Å². The third kappa shape index (κ3) is 2.42. The summed E-state index contributed by atoms with van der Waals surface area (Å²) < 4.78 is 3.75. The van der Waals surface area contributed by atoms with Gasteiger partial charge in [0, 0.05) is 19.2 Å². The molecule has 0 fully saturated rings. The molecular formula is C15H20N6. The lowest BCUT2D eigenvalue weighted by atomic mass is 10.2. The predicted molar refractivity (Wildman–Crippen MR) is 82.4 cm³/mol. The molecule has 0 aliphatic rings. The van der Waals surface area contributed by atoms with Crippen molar-refractivity contribution in [2.45, 2.75) is 26.8 Å². The highest BCUT2D eigenvalue weighted by atomic mass is 15.5. The summed E-state index contributed by atoms with van der Waals surface area (Å²) in [7, 11) is 1.95. The van der Waals surface area contributed by atoms with Crippen LogP contribution in [0, 0.1) is 6.92 Å². The molecule has 1 aromatic carbocycles. The van der Waals surface area contributed by atoms with E-state index >= 15 is 0 Å². The van der Waals surface area contributed by atoms with Crippen molar-refractivity contribution in [3.05, 3.63) is 35.5 Å². The molecule has 110 valence electrons. The second-order valence-corrected chi connectivity index (χ2v) is 5.18. The minimum absolute atomic E-state index is 0.789. The molecule has 3 aromatic rings. The van der Waals surface area contributed by atoms with Crippen molar-refractivity contribution in [2.24, 2.45) is 7.05 Å². The average Bonchev–Trinajstić information content (AvgIpc) is 3.01. The average molecular weight is 284 g/mol. The highest BCUT2D eigenvalue weighted by Crippen LogP contribution is 2.21. The number of hydrogen-bond acceptors (Lipinski definition) is 4. The fourth-order valence-corrected chi connectivity index (χ4v) is 2.58. The molecule has 6 heteroatoms. The second kappa shape index (κ2) is 5.65. The van der Waals surface area contributed by atoms with Gasteiger partial charge in [-0.25, -0.2) is 0 Å². The van der Waals surface area contributed by atoms with Crippen LogP contribution in [-0.2, 0) is 13.6 Å². The van der Waals surface area contributed by atoms with Crippen LogP contribution < -0.4 is 5.32 Å². The first-order chi connectivity index (χ1) is 10.2. The molecule has 3 rings (SSSR count). The van der Waals surface area contributed by atoms with E-state index in [1.54, 1.807) is 0 Å². The van der Waals surface area contributed by atoms with Gasteiger partial charge in [0.15, 0.2) is 5.82 Å². The van der Waals surface area contributed by atoms with Gasteiger partial charge in [-0.05, 0) is 32.0 Å². The number of benzene rings is 1. The number of aryl methyl sites for hydroxylation is 2. The molecule has 0 bridgehead atoms. The third-order valence-corrected chi connectivity index (χ3v) is 3.59. The number of rotatable bonds is 5. The molecule has 6 nitrogen and oxygen atoms in total. The summed E-state index contributed by atoms with van der Waals surface area (Å²) in [6, 6.07) is 7.97. The van der Waals surface area contributed by atoms with Crippen LogP contribution in [0.15, 0.2) is 24.3 Å². The van der Waals surface area contributed by atoms with E-state index in [-0.39, 0.29) is 0 Å². The highest BCUT2D eigenvalue weighted by molar-refractivity contribution is 5.75. The summed E-state index contributed by atoms with van der Waals surface area (Å²) in [5.41, 5.74) is 4.08. The van der Waals surface area contributed by atoms with E-state index in [0.29, 0.717) is 0 Å². The first kappa shape index (κ1) is 13.8. The van der Waals surface area contributed by atoms with Crippen LogP contribution in [0.2, 0.25) is 0 Å². The van der Waals surface area contributed by atoms with Crippen LogP contribution in [0.4, 0.5) is 0 Å². The summed E-state index contributed by atoms with van der Waals surface area (Å²) in [6.07, 6.45) is 1.11. The second-order valence-electron chi connectivity index (χ2n) is 5.18. The maximum absolute atomic E-state index is 4.54. The van der Waals surface area contributed by atoms with Crippen molar-refractivity contribution in [1.82, 2.24) is 30.1 Å². The lowest BCUT2D eigenvalue weighted by molar-refractivity contribution is 0.656. The molecule has 0 amide bonds. The summed E-state index contributed by atoms with van der Waals surface area (Å²) in [5.74, 6) is 0.977. The first-order valence-corrected chi connectivity index (χ1v) is 7.26. The number of nitrogens with one attached hydrogen (secondary N) is 1. The van der Waals surface area contributed by atoms with E-state index < -0.39 is 0 Å². The fourth-order valence-electron chi connectivity index (χ4n) is 2.58. The molecule has 0 aliphatic carbocycles. The van der Waals surface area contributed by atoms with E-state index in [1.807, 2.05) is 47.6 Å². The van der Waals surface area contributed by atoms with Crippen molar-refractivity contribution in [2.75, 3.05) is 6.54 Å². The zero-order valence-electron chi connectivity index (χ0n) is 12.7. The number of nitrogens with zero attached hydrogens (tertiary/aromatic N) is 5. The highest BCUT2D eigenvalue weighted by Gasteiger charge is 2.17. The van der Waals surface area contributed by atoms with E-state index in [0.717, 1.165) is 42.1 Å². The monoisotopic (exact) mass is 284 g/mol. The summed E-state index contributed by atoms with van der Waals surface area (Å²) in [6.45, 7) is 5.98. The van der Waals surface area contributed by atoms with E-state index in [1.165, 1.54) is 5.56 Å². The molecule has 0 saturated carbocycles. The topological polar surface area (TPSA) is 60.6 Å². The number of hydrogen-bond donors (Lipinski definition) is 1. The Morgan fingerprint density at radius 3 is 2.86 bits per heavy atom. The van der Waals surface area contributed by atoms with Gasteiger partial charge in [-0.15, -0.1) is 5.10 Å². The Bertz CT molecular complexity index is 755. The molecular weight excluding hydrogens is 264 g/mol. The Kier molecular flexibility index (Phi) is 3.70. The standard InChI is InChI=1S/C15H20N6/c1-4-9-16-10-12-11(2)18-20(3)15(12)21-14-8-6-5-7-13(14)17-19-21/h5-8,16H,4,9-10H2,1-3H3. The van der Waals surface area contributed by atoms with Gasteiger partial charge in [-0.1, -0.05) is 24.3 Å². The lowest BCUT2D eigenvalue weighted by Crippen LogP contribution is -2.16. The largest absolute Gasteiger partial charge is 0.312 e. The van der Waals surface area contributed by atoms with Gasteiger partial charge in [0.25, 0.3) is 0 Å². The maximum Gasteiger partial charge on any atom is 0.158 e. The Morgan fingerprint density at radius 2 is 2.05 bits per heavy atom. The molecule has 0 spiro atoms. The summed E-state index contributed by atoms with van der Waals surface area (Å²) >= 11 is 0. The SMILES string of the molecule is CCCNCc1c(C)nn(C)c1-n1nnc2ccccc21. The lowest BCUT2D eigenvalue weighted by Gasteiger charge is -2.08. The van der Waals surface area contributed by atoms with Gasteiger partial charge in [0.1, 0.15) is 5.52 Å². The van der Waals surface area contributed by atoms with Gasteiger partial charge in [-0.3, -0.25) is 4.68 Å². The number of fused-ring (bicyclic) bond motifs is 1. The zero-order valence-corrected chi connectivity index (χ0v) is 12.7. The zero-order chi connectivity index (χ0) is 14.8. The molecule has 21 heavy (non-hydrogen) atoms. The van der Waals surface area contributed by atoms with E-state index in [2.05, 4.69) is 27.7 Å². The van der Waals surface area contributed by atoms with Gasteiger partial charge >= 0.3 is 0 Å². The van der Waals surface area contributed by atoms with Gasteiger partial charge in [-0.2, -0.15) is 9.78 Å². The molecule has 1 N–H and O–H groups in total. The minimum Gasteiger partial charge on any atom is -0.312 e. The van der Waals surface area contributed by atoms with Gasteiger partial charge in [0.2, 0.25) is 0 Å². The molecule has 2 aromatic heterocycles. The summed E-state index contributed by atoms with van der Waals surface area (Å²) in [4.78, 5) is 0. The molecule has 0 aliphatic heterocycles. The smallest absolute Gasteiger partial charge is 0.158 e. The number of aromatic nitrogens is 5. The number of para-hydroxylation sites is 1. The van der Waals surface area contributed by atoms with Crippen LogP contribution in [0.1, 0.15) is 24.6 Å². The predicted octanol–water partition coefficient (Wildman–Crippen LogP) is 1.96. The Balaban J connectivity index is 2.09. The van der Waals surface area contributed by atoms with E-state index in [4.69, 9.17) is 0 Å². The van der Waals surface area contributed by atoms with Crippen LogP contribution >= 0.6 is 0 Å². The van der Waals surface area contributed by atoms with Crippen molar-refractivity contribution in [1.29, 1.82) is 0 Å². The molecule has 0 unspecified atom stereocenters.